The number of hydrogen-bond donors (Lipinski definition) is 4. The van der Waals surface area contributed by atoms with E-state index in [9.17, 15) is 24.0 Å². The molecular formula is C28H43N5O6. The molecule has 1 aromatic carbocycles. The first-order valence-electron chi connectivity index (χ1n) is 13.4. The summed E-state index contributed by atoms with van der Waals surface area (Å²) in [4.78, 5) is 66.5. The van der Waals surface area contributed by atoms with Crippen molar-refractivity contribution >= 4 is 29.5 Å². The fourth-order valence-electron chi connectivity index (χ4n) is 4.25. The van der Waals surface area contributed by atoms with Crippen molar-refractivity contribution in [2.45, 2.75) is 78.6 Å². The van der Waals surface area contributed by atoms with Crippen LogP contribution in [-0.2, 0) is 30.4 Å². The van der Waals surface area contributed by atoms with Gasteiger partial charge in [0.15, 0.2) is 0 Å². The van der Waals surface area contributed by atoms with E-state index < -0.39 is 47.8 Å². The maximum atomic E-state index is 13.4. The second-order valence-electron chi connectivity index (χ2n) is 10.9. The van der Waals surface area contributed by atoms with E-state index in [1.807, 2.05) is 27.7 Å². The van der Waals surface area contributed by atoms with Crippen LogP contribution in [-0.4, -0.2) is 78.8 Å². The highest BCUT2D eigenvalue weighted by atomic mass is 16.5. The summed E-state index contributed by atoms with van der Waals surface area (Å²) in [6, 6.07) is 3.81. The van der Waals surface area contributed by atoms with E-state index in [-0.39, 0.29) is 37.3 Å². The van der Waals surface area contributed by atoms with Crippen molar-refractivity contribution in [3.8, 4) is 5.75 Å². The lowest BCUT2D eigenvalue weighted by molar-refractivity contribution is -0.136. The minimum atomic E-state index is -1.01. The van der Waals surface area contributed by atoms with Crippen LogP contribution in [0.4, 0.5) is 0 Å². The van der Waals surface area contributed by atoms with E-state index in [1.54, 1.807) is 38.3 Å². The minimum Gasteiger partial charge on any atom is -0.497 e. The number of nitrogens with one attached hydrogen (secondary N) is 4. The zero-order chi connectivity index (χ0) is 29.3. The van der Waals surface area contributed by atoms with Crippen molar-refractivity contribution in [2.75, 3.05) is 20.2 Å². The lowest BCUT2D eigenvalue weighted by Gasteiger charge is -2.30. The van der Waals surface area contributed by atoms with Gasteiger partial charge in [0.1, 0.15) is 23.9 Å². The van der Waals surface area contributed by atoms with Crippen LogP contribution < -0.4 is 26.0 Å². The molecule has 39 heavy (non-hydrogen) atoms. The topological polar surface area (TPSA) is 146 Å². The molecule has 4 N–H and O–H groups in total. The molecule has 2 rings (SSSR count). The molecule has 0 unspecified atom stereocenters. The molecule has 0 radical (unpaired) electrons. The fourth-order valence-corrected chi connectivity index (χ4v) is 4.25. The van der Waals surface area contributed by atoms with E-state index in [2.05, 4.69) is 21.3 Å². The lowest BCUT2D eigenvalue weighted by Crippen LogP contribution is -2.57. The van der Waals surface area contributed by atoms with E-state index in [0.29, 0.717) is 12.2 Å². The average molecular weight is 546 g/mol. The highest BCUT2D eigenvalue weighted by Gasteiger charge is 2.32. The van der Waals surface area contributed by atoms with Gasteiger partial charge in [0, 0.05) is 25.9 Å². The molecule has 0 aliphatic carbocycles. The number of carbonyl (C=O) groups excluding carboxylic acids is 5. The number of hydrogen-bond acceptors (Lipinski definition) is 6. The minimum absolute atomic E-state index is 0.0581. The zero-order valence-electron chi connectivity index (χ0n) is 24.0. The number of ether oxygens (including phenoxy) is 1. The summed E-state index contributed by atoms with van der Waals surface area (Å²) in [6.07, 6.45) is 0.491. The smallest absolute Gasteiger partial charge is 0.243 e. The third-order valence-corrected chi connectivity index (χ3v) is 6.67. The predicted molar refractivity (Wildman–Crippen MR) is 147 cm³/mol. The Hall–Kier alpha value is -3.63. The molecule has 1 aliphatic heterocycles. The van der Waals surface area contributed by atoms with Crippen LogP contribution in [0.3, 0.4) is 0 Å². The van der Waals surface area contributed by atoms with Gasteiger partial charge < -0.3 is 30.9 Å². The fraction of sp³-hybridized carbons (Fsp3) is 0.607. The molecule has 1 fully saturated rings. The highest BCUT2D eigenvalue weighted by Crippen LogP contribution is 2.14. The Labute approximate surface area is 230 Å². The van der Waals surface area contributed by atoms with Crippen molar-refractivity contribution in [2.24, 2.45) is 11.8 Å². The van der Waals surface area contributed by atoms with Crippen LogP contribution in [0, 0.1) is 11.8 Å². The van der Waals surface area contributed by atoms with Gasteiger partial charge >= 0.3 is 0 Å². The highest BCUT2D eigenvalue weighted by molar-refractivity contribution is 5.95. The lowest BCUT2D eigenvalue weighted by atomic mass is 10.0. The summed E-state index contributed by atoms with van der Waals surface area (Å²) in [6.45, 7) is 10.4. The maximum absolute atomic E-state index is 13.4. The Balaban J connectivity index is 2.44. The van der Waals surface area contributed by atoms with E-state index >= 15 is 0 Å². The molecule has 1 aromatic rings. The molecule has 11 nitrogen and oxygen atoms in total. The summed E-state index contributed by atoms with van der Waals surface area (Å²) in [7, 11) is 1.55. The number of rotatable bonds is 6. The average Bonchev–Trinajstić information content (AvgIpc) is 2.86. The van der Waals surface area contributed by atoms with Crippen molar-refractivity contribution in [3.63, 3.8) is 0 Å². The Kier molecular flexibility index (Phi) is 11.7. The van der Waals surface area contributed by atoms with Gasteiger partial charge in [0.25, 0.3) is 0 Å². The van der Waals surface area contributed by atoms with Gasteiger partial charge in [-0.1, -0.05) is 39.8 Å². The van der Waals surface area contributed by atoms with Gasteiger partial charge in [-0.2, -0.15) is 0 Å². The van der Waals surface area contributed by atoms with Crippen LogP contribution in [0.5, 0.6) is 5.75 Å². The maximum Gasteiger partial charge on any atom is 0.243 e. The van der Waals surface area contributed by atoms with Crippen LogP contribution >= 0.6 is 0 Å². The van der Waals surface area contributed by atoms with E-state index in [0.717, 1.165) is 5.56 Å². The molecule has 1 aliphatic rings. The molecular weight excluding hydrogens is 502 g/mol. The van der Waals surface area contributed by atoms with E-state index in [1.165, 1.54) is 11.8 Å². The second-order valence-corrected chi connectivity index (χ2v) is 10.9. The summed E-state index contributed by atoms with van der Waals surface area (Å²) >= 11 is 0. The zero-order valence-corrected chi connectivity index (χ0v) is 24.0. The number of amides is 5. The summed E-state index contributed by atoms with van der Waals surface area (Å²) in [5.41, 5.74) is 0.771. The van der Waals surface area contributed by atoms with Crippen LogP contribution in [0.2, 0.25) is 0 Å². The largest absolute Gasteiger partial charge is 0.497 e. The molecule has 0 aromatic heterocycles. The van der Waals surface area contributed by atoms with Crippen molar-refractivity contribution in [3.05, 3.63) is 29.8 Å². The van der Waals surface area contributed by atoms with Crippen molar-refractivity contribution < 1.29 is 28.7 Å². The molecule has 216 valence electrons. The first kappa shape index (κ1) is 31.6. The second kappa shape index (κ2) is 14.5. The molecule has 0 spiro atoms. The summed E-state index contributed by atoms with van der Waals surface area (Å²) in [5.74, 6) is -1.66. The van der Waals surface area contributed by atoms with Crippen LogP contribution in [0.15, 0.2) is 24.3 Å². The van der Waals surface area contributed by atoms with Crippen molar-refractivity contribution in [1.29, 1.82) is 0 Å². The molecule has 0 bridgehead atoms. The number of benzene rings is 1. The van der Waals surface area contributed by atoms with Crippen LogP contribution in [0.1, 0.15) is 53.5 Å². The van der Waals surface area contributed by atoms with Gasteiger partial charge in [-0.25, -0.2) is 0 Å². The van der Waals surface area contributed by atoms with Gasteiger partial charge in [0.2, 0.25) is 29.5 Å². The predicted octanol–water partition coefficient (Wildman–Crippen LogP) is 0.761. The molecule has 4 atom stereocenters. The SMILES string of the molecule is COc1ccc(C[C@@H]2NC(=O)[C@H](CC(C)C)NC(=O)CN(C(C)=O)C[C@H](C(C)C)NC(=O)[C@@H](C)NC2=O)cc1. The van der Waals surface area contributed by atoms with Gasteiger partial charge in [-0.15, -0.1) is 0 Å². The quantitative estimate of drug-likeness (QED) is 0.415. The van der Waals surface area contributed by atoms with Crippen LogP contribution in [0.25, 0.3) is 0 Å². The summed E-state index contributed by atoms with van der Waals surface area (Å²) < 4.78 is 5.20. The molecule has 11 heteroatoms. The first-order chi connectivity index (χ1) is 18.3. The first-order valence-corrected chi connectivity index (χ1v) is 13.4. The Morgan fingerprint density at radius 1 is 0.923 bits per heavy atom. The van der Waals surface area contributed by atoms with Gasteiger partial charge in [-0.05, 0) is 42.9 Å². The third kappa shape index (κ3) is 9.88. The standard InChI is InChI=1S/C28H43N5O6/c1-16(2)12-22-28(38)31-23(13-20-8-10-21(39-7)11-9-20)27(37)29-18(5)26(36)32-24(17(3)4)14-33(19(6)34)15-25(35)30-22/h8-11,16-18,22-24H,12-15H2,1-7H3,(H,29,37)(H,30,35)(H,31,38)(H,32,36)/t18-,22+,23+,24-/m1/s1. The normalized spacial score (nSPS) is 23.8. The Morgan fingerprint density at radius 2 is 1.54 bits per heavy atom. The number of nitrogens with zero attached hydrogens (tertiary/aromatic N) is 1. The summed E-state index contributed by atoms with van der Waals surface area (Å²) in [5, 5.41) is 11.1. The number of carbonyl (C=O) groups is 5. The molecule has 0 saturated carbocycles. The molecule has 1 saturated heterocycles. The Bertz CT molecular complexity index is 1030. The molecule has 5 amide bonds. The van der Waals surface area contributed by atoms with Gasteiger partial charge in [0.05, 0.1) is 13.7 Å². The monoisotopic (exact) mass is 545 g/mol. The van der Waals surface area contributed by atoms with Gasteiger partial charge in [-0.3, -0.25) is 24.0 Å². The van der Waals surface area contributed by atoms with E-state index in [4.69, 9.17) is 4.74 Å². The third-order valence-electron chi connectivity index (χ3n) is 6.67. The van der Waals surface area contributed by atoms with Crippen molar-refractivity contribution in [1.82, 2.24) is 26.2 Å². The Morgan fingerprint density at radius 3 is 2.08 bits per heavy atom. The number of methoxy groups -OCH3 is 1. The molecule has 1 heterocycles.